The zero-order chi connectivity index (χ0) is 20.0. The molecular formula is C20H26N2O4S. The SMILES string of the molecule is COc1ccc(CN(CCC(=O)Nc2cc(C)cc(C)c2)S(C)(=O)=O)cc1. The zero-order valence-electron chi connectivity index (χ0n) is 16.2. The first-order chi connectivity index (χ1) is 12.7. The maximum absolute atomic E-state index is 12.3. The largest absolute Gasteiger partial charge is 0.497 e. The normalized spacial score (nSPS) is 11.4. The van der Waals surface area contributed by atoms with Gasteiger partial charge in [-0.3, -0.25) is 4.79 Å². The van der Waals surface area contributed by atoms with E-state index in [1.165, 1.54) is 4.31 Å². The van der Waals surface area contributed by atoms with E-state index in [2.05, 4.69) is 5.32 Å². The highest BCUT2D eigenvalue weighted by atomic mass is 32.2. The van der Waals surface area contributed by atoms with Crippen molar-refractivity contribution in [3.8, 4) is 5.75 Å². The number of amides is 1. The summed E-state index contributed by atoms with van der Waals surface area (Å²) < 4.78 is 30.6. The van der Waals surface area contributed by atoms with Gasteiger partial charge in [-0.25, -0.2) is 8.42 Å². The molecule has 1 amide bonds. The van der Waals surface area contributed by atoms with Gasteiger partial charge < -0.3 is 10.1 Å². The van der Waals surface area contributed by atoms with Crippen LogP contribution in [0, 0.1) is 13.8 Å². The van der Waals surface area contributed by atoms with Crippen molar-refractivity contribution in [1.82, 2.24) is 4.31 Å². The van der Waals surface area contributed by atoms with Crippen LogP contribution in [0.1, 0.15) is 23.1 Å². The number of anilines is 1. The molecular weight excluding hydrogens is 364 g/mol. The average molecular weight is 391 g/mol. The Kier molecular flexibility index (Phi) is 6.98. The van der Waals surface area contributed by atoms with Gasteiger partial charge in [-0.1, -0.05) is 18.2 Å². The Morgan fingerprint density at radius 1 is 1.07 bits per heavy atom. The van der Waals surface area contributed by atoms with Gasteiger partial charge in [-0.2, -0.15) is 4.31 Å². The molecule has 0 aromatic heterocycles. The molecule has 1 N–H and O–H groups in total. The van der Waals surface area contributed by atoms with E-state index < -0.39 is 10.0 Å². The van der Waals surface area contributed by atoms with E-state index >= 15 is 0 Å². The summed E-state index contributed by atoms with van der Waals surface area (Å²) in [6.45, 7) is 4.24. The van der Waals surface area contributed by atoms with Crippen LogP contribution in [0.4, 0.5) is 5.69 Å². The molecule has 0 aliphatic carbocycles. The second-order valence-electron chi connectivity index (χ2n) is 6.62. The maximum Gasteiger partial charge on any atom is 0.225 e. The van der Waals surface area contributed by atoms with Crippen LogP contribution in [0.3, 0.4) is 0 Å². The standard InChI is InChI=1S/C20H26N2O4S/c1-15-11-16(2)13-18(12-15)21-20(23)9-10-22(27(4,24)25)14-17-5-7-19(26-3)8-6-17/h5-8,11-13H,9-10,14H2,1-4H3,(H,21,23). The first-order valence-electron chi connectivity index (χ1n) is 8.63. The lowest BCUT2D eigenvalue weighted by atomic mass is 10.1. The molecule has 2 aromatic rings. The lowest BCUT2D eigenvalue weighted by Gasteiger charge is -2.20. The van der Waals surface area contributed by atoms with E-state index in [1.54, 1.807) is 19.2 Å². The third-order valence-corrected chi connectivity index (χ3v) is 5.33. The molecule has 27 heavy (non-hydrogen) atoms. The highest BCUT2D eigenvalue weighted by Gasteiger charge is 2.18. The number of carbonyl (C=O) groups excluding carboxylic acids is 1. The average Bonchev–Trinajstić information content (AvgIpc) is 2.57. The van der Waals surface area contributed by atoms with Crippen LogP contribution in [-0.2, 0) is 21.4 Å². The molecule has 0 bridgehead atoms. The summed E-state index contributed by atoms with van der Waals surface area (Å²) in [6, 6.07) is 13.0. The zero-order valence-corrected chi connectivity index (χ0v) is 17.0. The highest BCUT2D eigenvalue weighted by molar-refractivity contribution is 7.88. The van der Waals surface area contributed by atoms with E-state index in [-0.39, 0.29) is 25.4 Å². The second kappa shape index (κ2) is 9.01. The summed E-state index contributed by atoms with van der Waals surface area (Å²) in [4.78, 5) is 12.3. The second-order valence-corrected chi connectivity index (χ2v) is 8.60. The highest BCUT2D eigenvalue weighted by Crippen LogP contribution is 2.16. The van der Waals surface area contributed by atoms with Gasteiger partial charge in [0, 0.05) is 25.2 Å². The van der Waals surface area contributed by atoms with Gasteiger partial charge in [0.2, 0.25) is 15.9 Å². The minimum atomic E-state index is -3.44. The van der Waals surface area contributed by atoms with Crippen molar-refractivity contribution in [3.63, 3.8) is 0 Å². The van der Waals surface area contributed by atoms with E-state index in [4.69, 9.17) is 4.74 Å². The van der Waals surface area contributed by atoms with Crippen LogP contribution in [0.2, 0.25) is 0 Å². The molecule has 2 aromatic carbocycles. The minimum absolute atomic E-state index is 0.0796. The van der Waals surface area contributed by atoms with Gasteiger partial charge >= 0.3 is 0 Å². The van der Waals surface area contributed by atoms with E-state index in [1.807, 2.05) is 44.2 Å². The molecule has 0 saturated heterocycles. The Morgan fingerprint density at radius 3 is 2.19 bits per heavy atom. The van der Waals surface area contributed by atoms with Gasteiger partial charge in [0.25, 0.3) is 0 Å². The number of methoxy groups -OCH3 is 1. The molecule has 0 aliphatic rings. The van der Waals surface area contributed by atoms with Crippen molar-refractivity contribution in [2.24, 2.45) is 0 Å². The van der Waals surface area contributed by atoms with Crippen LogP contribution >= 0.6 is 0 Å². The predicted molar refractivity (Wildman–Crippen MR) is 107 cm³/mol. The van der Waals surface area contributed by atoms with Crippen molar-refractivity contribution in [1.29, 1.82) is 0 Å². The molecule has 2 rings (SSSR count). The smallest absolute Gasteiger partial charge is 0.225 e. The Balaban J connectivity index is 2.00. The number of nitrogens with zero attached hydrogens (tertiary/aromatic N) is 1. The van der Waals surface area contributed by atoms with Gasteiger partial charge in [0.05, 0.1) is 13.4 Å². The summed E-state index contributed by atoms with van der Waals surface area (Å²) in [5.41, 5.74) is 3.67. The fraction of sp³-hybridized carbons (Fsp3) is 0.350. The Labute approximate surface area is 161 Å². The molecule has 0 spiro atoms. The number of hydrogen-bond donors (Lipinski definition) is 1. The first kappa shape index (κ1) is 20.9. The Bertz CT molecular complexity index is 872. The van der Waals surface area contributed by atoms with Crippen molar-refractivity contribution < 1.29 is 17.9 Å². The van der Waals surface area contributed by atoms with Crippen molar-refractivity contribution in [2.75, 3.05) is 25.2 Å². The minimum Gasteiger partial charge on any atom is -0.497 e. The molecule has 0 heterocycles. The molecule has 0 unspecified atom stereocenters. The number of sulfonamides is 1. The first-order valence-corrected chi connectivity index (χ1v) is 10.5. The topological polar surface area (TPSA) is 75.7 Å². The number of ether oxygens (including phenoxy) is 1. The Morgan fingerprint density at radius 2 is 1.67 bits per heavy atom. The van der Waals surface area contributed by atoms with Crippen molar-refractivity contribution in [2.45, 2.75) is 26.8 Å². The number of hydrogen-bond acceptors (Lipinski definition) is 4. The third kappa shape index (κ3) is 6.69. The molecule has 7 heteroatoms. The van der Waals surface area contributed by atoms with Gasteiger partial charge in [-0.15, -0.1) is 0 Å². The third-order valence-electron chi connectivity index (χ3n) is 4.08. The van der Waals surface area contributed by atoms with Gasteiger partial charge in [-0.05, 0) is 54.8 Å². The lowest BCUT2D eigenvalue weighted by molar-refractivity contribution is -0.116. The number of aryl methyl sites for hydroxylation is 2. The number of benzene rings is 2. The van der Waals surface area contributed by atoms with Crippen LogP contribution in [-0.4, -0.2) is 38.5 Å². The number of rotatable bonds is 8. The van der Waals surface area contributed by atoms with Crippen LogP contribution in [0.15, 0.2) is 42.5 Å². The van der Waals surface area contributed by atoms with Crippen molar-refractivity contribution in [3.05, 3.63) is 59.2 Å². The monoisotopic (exact) mass is 390 g/mol. The summed E-state index contributed by atoms with van der Waals surface area (Å²) >= 11 is 0. The molecule has 0 fully saturated rings. The Hall–Kier alpha value is -2.38. The molecule has 0 aliphatic heterocycles. The molecule has 6 nitrogen and oxygen atoms in total. The fourth-order valence-electron chi connectivity index (χ4n) is 2.79. The maximum atomic E-state index is 12.3. The van der Waals surface area contributed by atoms with Crippen molar-refractivity contribution >= 4 is 21.6 Å². The number of carbonyl (C=O) groups is 1. The lowest BCUT2D eigenvalue weighted by Crippen LogP contribution is -2.32. The molecule has 0 atom stereocenters. The quantitative estimate of drug-likeness (QED) is 0.751. The van der Waals surface area contributed by atoms with E-state index in [9.17, 15) is 13.2 Å². The molecule has 146 valence electrons. The van der Waals surface area contributed by atoms with E-state index in [0.29, 0.717) is 5.75 Å². The van der Waals surface area contributed by atoms with Crippen LogP contribution < -0.4 is 10.1 Å². The fourth-order valence-corrected chi connectivity index (χ4v) is 3.60. The summed E-state index contributed by atoms with van der Waals surface area (Å²) in [7, 11) is -1.86. The summed E-state index contributed by atoms with van der Waals surface area (Å²) in [5, 5.41) is 2.83. The summed E-state index contributed by atoms with van der Waals surface area (Å²) in [5.74, 6) is 0.487. The number of nitrogens with one attached hydrogen (secondary N) is 1. The van der Waals surface area contributed by atoms with E-state index in [0.717, 1.165) is 28.6 Å². The molecule has 0 saturated carbocycles. The predicted octanol–water partition coefficient (Wildman–Crippen LogP) is 3.10. The molecule has 0 radical (unpaired) electrons. The van der Waals surface area contributed by atoms with Gasteiger partial charge in [0.1, 0.15) is 5.75 Å². The van der Waals surface area contributed by atoms with Gasteiger partial charge in [0.15, 0.2) is 0 Å². The van der Waals surface area contributed by atoms with Crippen LogP contribution in [0.5, 0.6) is 5.75 Å². The van der Waals surface area contributed by atoms with Crippen LogP contribution in [0.25, 0.3) is 0 Å². The summed E-state index contributed by atoms with van der Waals surface area (Å²) in [6.07, 6.45) is 1.23.